The van der Waals surface area contributed by atoms with Crippen molar-refractivity contribution in [3.8, 4) is 10.6 Å². The molecule has 0 saturated heterocycles. The van der Waals surface area contributed by atoms with E-state index in [-0.39, 0.29) is 0 Å². The van der Waals surface area contributed by atoms with Crippen LogP contribution in [0, 0.1) is 12.8 Å². The molecule has 2 rings (SSSR count). The zero-order valence-corrected chi connectivity index (χ0v) is 11.3. The summed E-state index contributed by atoms with van der Waals surface area (Å²) < 4.78 is 5.70. The Bertz CT molecular complexity index is 473. The maximum Gasteiger partial charge on any atom is 0.208 e. The minimum atomic E-state index is 0.643. The Morgan fingerprint density at radius 2 is 2.24 bits per heavy atom. The number of rotatable bonds is 5. The number of nitrogens with one attached hydrogen (secondary N) is 1. The summed E-state index contributed by atoms with van der Waals surface area (Å²) >= 11 is 1.73. The van der Waals surface area contributed by atoms with Gasteiger partial charge in [-0.05, 0) is 31.5 Å². The summed E-state index contributed by atoms with van der Waals surface area (Å²) in [4.78, 5) is 6.71. The molecule has 0 aromatic carbocycles. The van der Waals surface area contributed by atoms with Gasteiger partial charge in [-0.25, -0.2) is 4.98 Å². The number of aromatic nitrogens is 1. The van der Waals surface area contributed by atoms with Gasteiger partial charge in [-0.15, -0.1) is 11.3 Å². The highest BCUT2D eigenvalue weighted by Gasteiger charge is 2.07. The Morgan fingerprint density at radius 1 is 1.41 bits per heavy atom. The second-order valence-electron chi connectivity index (χ2n) is 4.55. The van der Waals surface area contributed by atoms with Crippen molar-refractivity contribution in [1.82, 2.24) is 10.3 Å². The molecule has 0 spiro atoms. The van der Waals surface area contributed by atoms with Crippen LogP contribution in [0.3, 0.4) is 0 Å². The third-order valence-corrected chi connectivity index (χ3v) is 3.38. The first-order valence-electron chi connectivity index (χ1n) is 5.87. The van der Waals surface area contributed by atoms with Crippen LogP contribution in [0.15, 0.2) is 22.7 Å². The Morgan fingerprint density at radius 3 is 2.88 bits per heavy atom. The maximum absolute atomic E-state index is 5.70. The average Bonchev–Trinajstić information content (AvgIpc) is 2.86. The summed E-state index contributed by atoms with van der Waals surface area (Å²) in [6.07, 6.45) is 1.80. The second kappa shape index (κ2) is 5.47. The summed E-state index contributed by atoms with van der Waals surface area (Å²) in [7, 11) is 0. The molecule has 17 heavy (non-hydrogen) atoms. The molecule has 3 nitrogen and oxygen atoms in total. The SMILES string of the molecule is Cc1ccc(-c2cnc(CNCC(C)C)o2)s1. The van der Waals surface area contributed by atoms with Crippen molar-refractivity contribution >= 4 is 11.3 Å². The molecule has 0 amide bonds. The lowest BCUT2D eigenvalue weighted by atomic mass is 10.2. The Balaban J connectivity index is 1.96. The van der Waals surface area contributed by atoms with Crippen LogP contribution >= 0.6 is 11.3 Å². The van der Waals surface area contributed by atoms with Gasteiger partial charge in [0, 0.05) is 4.88 Å². The van der Waals surface area contributed by atoms with Crippen LogP contribution in [0.1, 0.15) is 24.6 Å². The number of hydrogen-bond acceptors (Lipinski definition) is 4. The number of thiophene rings is 1. The predicted octanol–water partition coefficient (Wildman–Crippen LogP) is 3.46. The maximum atomic E-state index is 5.70. The van der Waals surface area contributed by atoms with E-state index in [1.165, 1.54) is 4.88 Å². The van der Waals surface area contributed by atoms with Gasteiger partial charge in [0.25, 0.3) is 0 Å². The fraction of sp³-hybridized carbons (Fsp3) is 0.462. The van der Waals surface area contributed by atoms with E-state index >= 15 is 0 Å². The van der Waals surface area contributed by atoms with Crippen molar-refractivity contribution < 1.29 is 4.42 Å². The minimum Gasteiger partial charge on any atom is -0.438 e. The molecule has 0 aliphatic heterocycles. The van der Waals surface area contributed by atoms with Gasteiger partial charge in [0.15, 0.2) is 5.76 Å². The van der Waals surface area contributed by atoms with Crippen LogP contribution in [0.25, 0.3) is 10.6 Å². The van der Waals surface area contributed by atoms with Gasteiger partial charge in [-0.1, -0.05) is 13.8 Å². The molecule has 0 radical (unpaired) electrons. The highest BCUT2D eigenvalue weighted by atomic mass is 32.1. The van der Waals surface area contributed by atoms with Crippen LogP contribution in [0.2, 0.25) is 0 Å². The molecule has 0 saturated carbocycles. The van der Waals surface area contributed by atoms with Crippen molar-refractivity contribution in [2.75, 3.05) is 6.54 Å². The van der Waals surface area contributed by atoms with Gasteiger partial charge in [0.05, 0.1) is 17.6 Å². The molecule has 2 aromatic heterocycles. The molecule has 0 aliphatic carbocycles. The van der Waals surface area contributed by atoms with Crippen molar-refractivity contribution in [2.24, 2.45) is 5.92 Å². The molecule has 0 bridgehead atoms. The standard InChI is InChI=1S/C13H18N2OS/c1-9(2)6-14-8-13-15-7-11(16-13)12-5-4-10(3)17-12/h4-5,7,9,14H,6,8H2,1-3H3. The summed E-state index contributed by atoms with van der Waals surface area (Å²) in [6.45, 7) is 8.14. The monoisotopic (exact) mass is 250 g/mol. The minimum absolute atomic E-state index is 0.643. The zero-order valence-electron chi connectivity index (χ0n) is 10.5. The predicted molar refractivity (Wildman–Crippen MR) is 71.1 cm³/mol. The van der Waals surface area contributed by atoms with Gasteiger partial charge in [-0.2, -0.15) is 0 Å². The van der Waals surface area contributed by atoms with Crippen molar-refractivity contribution in [2.45, 2.75) is 27.3 Å². The van der Waals surface area contributed by atoms with Crippen LogP contribution in [0.5, 0.6) is 0 Å². The smallest absolute Gasteiger partial charge is 0.208 e. The lowest BCUT2D eigenvalue weighted by molar-refractivity contribution is 0.459. The molecule has 0 atom stereocenters. The fourth-order valence-corrected chi connectivity index (χ4v) is 2.35. The van der Waals surface area contributed by atoms with Crippen LogP contribution in [0.4, 0.5) is 0 Å². The number of hydrogen-bond donors (Lipinski definition) is 1. The van der Waals surface area contributed by atoms with E-state index in [1.54, 1.807) is 17.5 Å². The molecule has 0 aliphatic rings. The Hall–Kier alpha value is -1.13. The van der Waals surface area contributed by atoms with E-state index in [2.05, 4.69) is 43.2 Å². The number of nitrogens with zero attached hydrogens (tertiary/aromatic N) is 1. The summed E-state index contributed by atoms with van der Waals surface area (Å²) in [5, 5.41) is 3.32. The summed E-state index contributed by atoms with van der Waals surface area (Å²) in [5.41, 5.74) is 0. The lowest BCUT2D eigenvalue weighted by Gasteiger charge is -2.04. The van der Waals surface area contributed by atoms with Gasteiger partial charge in [0.2, 0.25) is 5.89 Å². The zero-order chi connectivity index (χ0) is 12.3. The third kappa shape index (κ3) is 3.41. The normalized spacial score (nSPS) is 11.3. The Labute approximate surface area is 106 Å². The van der Waals surface area contributed by atoms with E-state index in [9.17, 15) is 0 Å². The third-order valence-electron chi connectivity index (χ3n) is 2.37. The van der Waals surface area contributed by atoms with E-state index in [0.717, 1.165) is 23.1 Å². The molecule has 92 valence electrons. The first kappa shape index (κ1) is 12.3. The molecule has 4 heteroatoms. The van der Waals surface area contributed by atoms with Crippen molar-refractivity contribution in [3.05, 3.63) is 29.1 Å². The highest BCUT2D eigenvalue weighted by Crippen LogP contribution is 2.27. The topological polar surface area (TPSA) is 38.1 Å². The lowest BCUT2D eigenvalue weighted by Crippen LogP contribution is -2.18. The molecule has 2 heterocycles. The van der Waals surface area contributed by atoms with Crippen LogP contribution in [-0.2, 0) is 6.54 Å². The van der Waals surface area contributed by atoms with Gasteiger partial charge in [-0.3, -0.25) is 0 Å². The number of aryl methyl sites for hydroxylation is 1. The Kier molecular flexibility index (Phi) is 3.97. The van der Waals surface area contributed by atoms with E-state index in [1.807, 2.05) is 0 Å². The highest BCUT2D eigenvalue weighted by molar-refractivity contribution is 7.15. The molecule has 2 aromatic rings. The van der Waals surface area contributed by atoms with Crippen molar-refractivity contribution in [3.63, 3.8) is 0 Å². The van der Waals surface area contributed by atoms with Gasteiger partial charge < -0.3 is 9.73 Å². The number of oxazole rings is 1. The molecular formula is C13H18N2OS. The molecule has 1 N–H and O–H groups in total. The van der Waals surface area contributed by atoms with E-state index in [0.29, 0.717) is 12.5 Å². The summed E-state index contributed by atoms with van der Waals surface area (Å²) in [6, 6.07) is 4.17. The molecule has 0 fully saturated rings. The molecule has 0 unspecified atom stereocenters. The van der Waals surface area contributed by atoms with E-state index < -0.39 is 0 Å². The quantitative estimate of drug-likeness (QED) is 0.883. The van der Waals surface area contributed by atoms with Gasteiger partial charge in [0.1, 0.15) is 0 Å². The molecular weight excluding hydrogens is 232 g/mol. The van der Waals surface area contributed by atoms with E-state index in [4.69, 9.17) is 4.42 Å². The summed E-state index contributed by atoms with van der Waals surface area (Å²) in [5.74, 6) is 2.26. The van der Waals surface area contributed by atoms with Crippen LogP contribution < -0.4 is 5.32 Å². The fourth-order valence-electron chi connectivity index (χ4n) is 1.54. The second-order valence-corrected chi connectivity index (χ2v) is 5.84. The first-order chi connectivity index (χ1) is 8.15. The largest absolute Gasteiger partial charge is 0.438 e. The van der Waals surface area contributed by atoms with Crippen LogP contribution in [-0.4, -0.2) is 11.5 Å². The average molecular weight is 250 g/mol. The first-order valence-corrected chi connectivity index (χ1v) is 6.69. The van der Waals surface area contributed by atoms with Gasteiger partial charge >= 0.3 is 0 Å². The van der Waals surface area contributed by atoms with Crippen molar-refractivity contribution in [1.29, 1.82) is 0 Å².